The lowest BCUT2D eigenvalue weighted by Gasteiger charge is -2.22. The fourth-order valence-electron chi connectivity index (χ4n) is 3.67. The Morgan fingerprint density at radius 2 is 1.67 bits per heavy atom. The quantitative estimate of drug-likeness (QED) is 0.349. The summed E-state index contributed by atoms with van der Waals surface area (Å²) in [6.07, 6.45) is 14.8. The van der Waals surface area contributed by atoms with Gasteiger partial charge in [0.2, 0.25) is 0 Å². The Bertz CT molecular complexity index is 391. The van der Waals surface area contributed by atoms with Crippen LogP contribution in [0.5, 0.6) is 0 Å². The number of hydrogen-bond donors (Lipinski definition) is 3. The second kappa shape index (κ2) is 12.3. The first-order chi connectivity index (χ1) is 11.6. The van der Waals surface area contributed by atoms with Crippen LogP contribution in [0.2, 0.25) is 0 Å². The number of aliphatic hydroxyl groups is 2. The molecule has 3 N–H and O–H groups in total. The number of carbonyl (C=O) groups is 1. The van der Waals surface area contributed by atoms with Gasteiger partial charge in [-0.15, -0.1) is 6.58 Å². The largest absolute Gasteiger partial charge is 0.481 e. The van der Waals surface area contributed by atoms with Crippen LogP contribution in [0, 0.1) is 11.8 Å². The number of rotatable bonds is 13. The van der Waals surface area contributed by atoms with E-state index in [0.29, 0.717) is 12.8 Å². The van der Waals surface area contributed by atoms with Gasteiger partial charge in [0.25, 0.3) is 0 Å². The Balaban J connectivity index is 2.29. The lowest BCUT2D eigenvalue weighted by atomic mass is 9.86. The number of aliphatic hydroxyl groups excluding tert-OH is 2. The van der Waals surface area contributed by atoms with Gasteiger partial charge in [-0.1, -0.05) is 37.5 Å². The minimum atomic E-state index is -0.758. The zero-order valence-electron chi connectivity index (χ0n) is 14.8. The minimum Gasteiger partial charge on any atom is -0.481 e. The number of carboxylic acids is 1. The Kier molecular flexibility index (Phi) is 10.7. The molecule has 1 aliphatic rings. The molecule has 1 aliphatic carbocycles. The number of carboxylic acid groups (broad SMARTS) is 1. The fraction of sp³-hybridized carbons (Fsp3) is 0.750. The second-order valence-electron chi connectivity index (χ2n) is 6.97. The van der Waals surface area contributed by atoms with Crippen LogP contribution < -0.4 is 0 Å². The van der Waals surface area contributed by atoms with E-state index >= 15 is 0 Å². The first kappa shape index (κ1) is 20.9. The van der Waals surface area contributed by atoms with Crippen LogP contribution in [-0.2, 0) is 4.79 Å². The zero-order chi connectivity index (χ0) is 17.8. The van der Waals surface area contributed by atoms with Gasteiger partial charge in [-0.2, -0.15) is 0 Å². The molecule has 0 radical (unpaired) electrons. The van der Waals surface area contributed by atoms with Crippen LogP contribution in [0.1, 0.15) is 70.6 Å². The fourth-order valence-corrected chi connectivity index (χ4v) is 3.67. The summed E-state index contributed by atoms with van der Waals surface area (Å²) < 4.78 is 0. The summed E-state index contributed by atoms with van der Waals surface area (Å²) in [4.78, 5) is 10.5. The van der Waals surface area contributed by atoms with Crippen molar-refractivity contribution in [3.05, 3.63) is 24.8 Å². The third kappa shape index (κ3) is 8.11. The second-order valence-corrected chi connectivity index (χ2v) is 6.97. The van der Waals surface area contributed by atoms with E-state index in [1.54, 1.807) is 0 Å². The van der Waals surface area contributed by atoms with Gasteiger partial charge in [0.05, 0.1) is 12.2 Å². The molecule has 1 saturated carbocycles. The highest BCUT2D eigenvalue weighted by molar-refractivity contribution is 5.66. The lowest BCUT2D eigenvalue weighted by Crippen LogP contribution is -2.21. The van der Waals surface area contributed by atoms with Gasteiger partial charge in [0.1, 0.15) is 0 Å². The molecule has 0 amide bonds. The third-order valence-corrected chi connectivity index (χ3v) is 5.05. The molecule has 0 spiro atoms. The van der Waals surface area contributed by atoms with Crippen molar-refractivity contribution in [2.75, 3.05) is 0 Å². The summed E-state index contributed by atoms with van der Waals surface area (Å²) in [5, 5.41) is 29.0. The van der Waals surface area contributed by atoms with Crippen molar-refractivity contribution in [3.8, 4) is 0 Å². The highest BCUT2D eigenvalue weighted by Gasteiger charge is 2.40. The molecule has 0 aliphatic heterocycles. The Morgan fingerprint density at radius 3 is 2.38 bits per heavy atom. The summed E-state index contributed by atoms with van der Waals surface area (Å²) in [6.45, 7) is 3.73. The van der Waals surface area contributed by atoms with Crippen LogP contribution >= 0.6 is 0 Å². The van der Waals surface area contributed by atoms with Crippen molar-refractivity contribution in [2.45, 2.75) is 82.8 Å². The highest BCUT2D eigenvalue weighted by Crippen LogP contribution is 2.38. The molecule has 24 heavy (non-hydrogen) atoms. The molecule has 1 rings (SSSR count). The van der Waals surface area contributed by atoms with E-state index in [2.05, 4.69) is 6.58 Å². The lowest BCUT2D eigenvalue weighted by molar-refractivity contribution is -0.137. The van der Waals surface area contributed by atoms with Gasteiger partial charge in [-0.25, -0.2) is 0 Å². The van der Waals surface area contributed by atoms with E-state index < -0.39 is 18.2 Å². The normalized spacial score (nSPS) is 26.9. The molecule has 0 unspecified atom stereocenters. The van der Waals surface area contributed by atoms with Crippen LogP contribution in [0.3, 0.4) is 0 Å². The third-order valence-electron chi connectivity index (χ3n) is 5.05. The SMILES string of the molecule is C=CCCCCCC[C@@H]1[C@@H](C/C=C\CCCC(=O)O)[C@@H](O)C[C@H]1O. The van der Waals surface area contributed by atoms with E-state index in [0.717, 1.165) is 32.1 Å². The smallest absolute Gasteiger partial charge is 0.303 e. The molecular formula is C20H34O4. The maximum absolute atomic E-state index is 10.5. The van der Waals surface area contributed by atoms with Crippen LogP contribution in [-0.4, -0.2) is 33.5 Å². The Labute approximate surface area is 146 Å². The van der Waals surface area contributed by atoms with E-state index in [1.807, 2.05) is 18.2 Å². The Hall–Kier alpha value is -1.13. The monoisotopic (exact) mass is 338 g/mol. The highest BCUT2D eigenvalue weighted by atomic mass is 16.4. The van der Waals surface area contributed by atoms with Crippen molar-refractivity contribution >= 4 is 5.97 Å². The molecular weight excluding hydrogens is 304 g/mol. The average molecular weight is 338 g/mol. The number of hydrogen-bond acceptors (Lipinski definition) is 3. The van der Waals surface area contributed by atoms with Crippen molar-refractivity contribution in [3.63, 3.8) is 0 Å². The molecule has 0 aromatic rings. The molecule has 4 atom stereocenters. The topological polar surface area (TPSA) is 77.8 Å². The molecule has 0 aromatic carbocycles. The standard InChI is InChI=1S/C20H34O4/c1-2-3-4-5-6-9-12-16-17(19(22)15-18(16)21)13-10-7-8-11-14-20(23)24/h2,7,10,16-19,21-22H,1,3-6,8-9,11-15H2,(H,23,24)/b10-7-/t16-,17-,18-,19+/m1/s1. The van der Waals surface area contributed by atoms with Crippen molar-refractivity contribution in [1.82, 2.24) is 0 Å². The van der Waals surface area contributed by atoms with Crippen molar-refractivity contribution in [1.29, 1.82) is 0 Å². The molecule has 138 valence electrons. The summed E-state index contributed by atoms with van der Waals surface area (Å²) in [5.41, 5.74) is 0. The maximum Gasteiger partial charge on any atom is 0.303 e. The molecule has 4 heteroatoms. The zero-order valence-corrected chi connectivity index (χ0v) is 14.8. The molecule has 0 bridgehead atoms. The minimum absolute atomic E-state index is 0.129. The Morgan fingerprint density at radius 1 is 0.958 bits per heavy atom. The van der Waals surface area contributed by atoms with Gasteiger partial charge in [0.15, 0.2) is 0 Å². The summed E-state index contributed by atoms with van der Waals surface area (Å²) in [7, 11) is 0. The van der Waals surface area contributed by atoms with Crippen molar-refractivity contribution < 1.29 is 20.1 Å². The van der Waals surface area contributed by atoms with Crippen LogP contribution in [0.4, 0.5) is 0 Å². The number of unbranched alkanes of at least 4 members (excludes halogenated alkanes) is 5. The number of allylic oxidation sites excluding steroid dienone is 3. The van der Waals surface area contributed by atoms with Gasteiger partial charge < -0.3 is 15.3 Å². The van der Waals surface area contributed by atoms with Gasteiger partial charge in [0, 0.05) is 6.42 Å². The van der Waals surface area contributed by atoms with E-state index in [9.17, 15) is 15.0 Å². The van der Waals surface area contributed by atoms with E-state index in [1.165, 1.54) is 19.3 Å². The molecule has 0 saturated heterocycles. The first-order valence-corrected chi connectivity index (χ1v) is 9.40. The van der Waals surface area contributed by atoms with E-state index in [4.69, 9.17) is 5.11 Å². The average Bonchev–Trinajstić information content (AvgIpc) is 2.80. The van der Waals surface area contributed by atoms with Gasteiger partial charge in [-0.3, -0.25) is 4.79 Å². The first-order valence-electron chi connectivity index (χ1n) is 9.40. The summed E-state index contributed by atoms with van der Waals surface area (Å²) >= 11 is 0. The van der Waals surface area contributed by atoms with Gasteiger partial charge >= 0.3 is 5.97 Å². The maximum atomic E-state index is 10.5. The molecule has 0 aromatic heterocycles. The van der Waals surface area contributed by atoms with Crippen LogP contribution in [0.15, 0.2) is 24.8 Å². The summed E-state index contributed by atoms with van der Waals surface area (Å²) in [6, 6.07) is 0. The van der Waals surface area contributed by atoms with Crippen LogP contribution in [0.25, 0.3) is 0 Å². The predicted molar refractivity (Wildman–Crippen MR) is 96.8 cm³/mol. The van der Waals surface area contributed by atoms with E-state index in [-0.39, 0.29) is 18.3 Å². The van der Waals surface area contributed by atoms with Crippen molar-refractivity contribution in [2.24, 2.45) is 11.8 Å². The predicted octanol–water partition coefficient (Wildman–Crippen LogP) is 4.07. The molecule has 1 fully saturated rings. The molecule has 0 heterocycles. The van der Waals surface area contributed by atoms with Gasteiger partial charge in [-0.05, 0) is 56.8 Å². The number of aliphatic carboxylic acids is 1. The summed E-state index contributed by atoms with van der Waals surface area (Å²) in [5.74, 6) is -0.446. The molecule has 4 nitrogen and oxygen atoms in total.